The number of rotatable bonds is 3. The fourth-order valence-electron chi connectivity index (χ4n) is 1.41. The highest BCUT2D eigenvalue weighted by molar-refractivity contribution is 6.01. The fourth-order valence-corrected chi connectivity index (χ4v) is 1.41. The number of hydrogen-bond donors (Lipinski definition) is 4. The average molecular weight is 278 g/mol. The van der Waals surface area contributed by atoms with Gasteiger partial charge >= 0.3 is 12.0 Å². The van der Waals surface area contributed by atoms with E-state index in [0.717, 1.165) is 4.80 Å². The van der Waals surface area contributed by atoms with E-state index in [9.17, 15) is 14.7 Å². The zero-order valence-corrected chi connectivity index (χ0v) is 10.2. The van der Waals surface area contributed by atoms with Gasteiger partial charge in [-0.15, -0.1) is 5.10 Å². The second-order valence-corrected chi connectivity index (χ2v) is 3.69. The van der Waals surface area contributed by atoms with Gasteiger partial charge in [-0.3, -0.25) is 5.32 Å². The number of amides is 2. The van der Waals surface area contributed by atoms with Crippen molar-refractivity contribution in [2.24, 2.45) is 7.05 Å². The number of phenols is 1. The van der Waals surface area contributed by atoms with Gasteiger partial charge in [-0.2, -0.15) is 4.80 Å². The molecular weight excluding hydrogens is 268 g/mol. The van der Waals surface area contributed by atoms with E-state index in [-0.39, 0.29) is 17.2 Å². The molecule has 0 saturated heterocycles. The van der Waals surface area contributed by atoms with Crippen molar-refractivity contribution in [2.45, 2.75) is 0 Å². The molecule has 0 atom stereocenters. The lowest BCUT2D eigenvalue weighted by atomic mass is 10.2. The van der Waals surface area contributed by atoms with Gasteiger partial charge in [0, 0.05) is 0 Å². The number of carboxylic acid groups (broad SMARTS) is 1. The lowest BCUT2D eigenvalue weighted by molar-refractivity contribution is 0.0694. The fraction of sp³-hybridized carbons (Fsp3) is 0.100. The Bertz CT molecular complexity index is 668. The van der Waals surface area contributed by atoms with Crippen LogP contribution in [-0.4, -0.2) is 42.4 Å². The minimum absolute atomic E-state index is 0.0288. The second-order valence-electron chi connectivity index (χ2n) is 3.69. The number of aryl methyl sites for hydroxylation is 1. The van der Waals surface area contributed by atoms with E-state index in [1.54, 1.807) is 0 Å². The molecule has 2 rings (SSSR count). The van der Waals surface area contributed by atoms with Gasteiger partial charge in [0.25, 0.3) is 5.95 Å². The quantitative estimate of drug-likeness (QED) is 0.589. The number of aromatic nitrogens is 4. The number of nitrogens with zero attached hydrogens (tertiary/aromatic N) is 4. The van der Waals surface area contributed by atoms with Crippen LogP contribution in [0.15, 0.2) is 18.2 Å². The first-order chi connectivity index (χ1) is 9.47. The number of aromatic hydroxyl groups is 1. The maximum absolute atomic E-state index is 11.6. The zero-order valence-electron chi connectivity index (χ0n) is 10.2. The molecule has 1 aromatic heterocycles. The number of benzene rings is 1. The largest absolute Gasteiger partial charge is 0.505 e. The maximum atomic E-state index is 11.6. The Hall–Kier alpha value is -3.17. The van der Waals surface area contributed by atoms with E-state index < -0.39 is 17.7 Å². The lowest BCUT2D eigenvalue weighted by Gasteiger charge is -2.08. The van der Waals surface area contributed by atoms with Gasteiger partial charge in [-0.25, -0.2) is 9.59 Å². The molecule has 1 aromatic carbocycles. The highest BCUT2D eigenvalue weighted by Crippen LogP contribution is 2.27. The lowest BCUT2D eigenvalue weighted by Crippen LogP contribution is -2.20. The van der Waals surface area contributed by atoms with Crippen LogP contribution < -0.4 is 10.6 Å². The molecule has 0 bridgehead atoms. The summed E-state index contributed by atoms with van der Waals surface area (Å²) < 4.78 is 0. The number of anilines is 2. The molecule has 0 aliphatic heterocycles. The van der Waals surface area contributed by atoms with Crippen molar-refractivity contribution < 1.29 is 19.8 Å². The summed E-state index contributed by atoms with van der Waals surface area (Å²) in [5, 5.41) is 33.9. The predicted octanol–water partition coefficient (Wildman–Crippen LogP) is 0.258. The van der Waals surface area contributed by atoms with Gasteiger partial charge in [0.05, 0.1) is 12.7 Å². The Morgan fingerprint density at radius 1 is 1.30 bits per heavy atom. The number of carboxylic acids is 1. The monoisotopic (exact) mass is 278 g/mol. The van der Waals surface area contributed by atoms with Crippen LogP contribution in [0.25, 0.3) is 0 Å². The number of carbonyl (C=O) groups is 2. The Morgan fingerprint density at radius 3 is 2.65 bits per heavy atom. The molecule has 0 aliphatic carbocycles. The van der Waals surface area contributed by atoms with Crippen molar-refractivity contribution in [3.05, 3.63) is 23.8 Å². The van der Waals surface area contributed by atoms with Gasteiger partial charge in [0.1, 0.15) is 5.56 Å². The molecule has 0 aliphatic rings. The summed E-state index contributed by atoms with van der Waals surface area (Å²) in [6, 6.07) is 3.21. The molecule has 104 valence electrons. The molecule has 0 saturated carbocycles. The van der Waals surface area contributed by atoms with Crippen molar-refractivity contribution in [3.8, 4) is 5.75 Å². The van der Waals surface area contributed by atoms with Crippen molar-refractivity contribution in [2.75, 3.05) is 10.6 Å². The van der Waals surface area contributed by atoms with E-state index in [1.165, 1.54) is 25.2 Å². The Labute approximate surface area is 112 Å². The third kappa shape index (κ3) is 2.80. The smallest absolute Gasteiger partial charge is 0.339 e. The summed E-state index contributed by atoms with van der Waals surface area (Å²) in [5.41, 5.74) is -0.369. The predicted molar refractivity (Wildman–Crippen MR) is 66.5 cm³/mol. The summed E-state index contributed by atoms with van der Waals surface area (Å²) in [5.74, 6) is -1.87. The molecule has 10 heteroatoms. The molecule has 2 amide bonds. The number of nitrogens with one attached hydrogen (secondary N) is 2. The van der Waals surface area contributed by atoms with E-state index in [2.05, 4.69) is 26.0 Å². The van der Waals surface area contributed by atoms with E-state index in [1.807, 2.05) is 0 Å². The average Bonchev–Trinajstić information content (AvgIpc) is 2.77. The van der Waals surface area contributed by atoms with Gasteiger partial charge in [0.15, 0.2) is 5.75 Å². The summed E-state index contributed by atoms with van der Waals surface area (Å²) in [6.07, 6.45) is 0. The van der Waals surface area contributed by atoms with Crippen LogP contribution in [-0.2, 0) is 7.05 Å². The zero-order chi connectivity index (χ0) is 14.7. The van der Waals surface area contributed by atoms with Gasteiger partial charge < -0.3 is 15.5 Å². The maximum Gasteiger partial charge on any atom is 0.339 e. The van der Waals surface area contributed by atoms with Crippen molar-refractivity contribution >= 4 is 23.6 Å². The van der Waals surface area contributed by atoms with Crippen LogP contribution in [0.2, 0.25) is 0 Å². The number of aromatic carboxylic acids is 1. The summed E-state index contributed by atoms with van der Waals surface area (Å²) in [7, 11) is 1.53. The van der Waals surface area contributed by atoms with Crippen LogP contribution in [0.5, 0.6) is 5.75 Å². The highest BCUT2D eigenvalue weighted by atomic mass is 16.4. The summed E-state index contributed by atoms with van der Waals surface area (Å²) in [4.78, 5) is 23.6. The molecular formula is C10H10N6O4. The molecule has 4 N–H and O–H groups in total. The topological polar surface area (TPSA) is 142 Å². The van der Waals surface area contributed by atoms with E-state index in [0.29, 0.717) is 0 Å². The third-order valence-corrected chi connectivity index (χ3v) is 2.25. The Morgan fingerprint density at radius 2 is 2.05 bits per heavy atom. The van der Waals surface area contributed by atoms with Crippen LogP contribution in [0.4, 0.5) is 16.4 Å². The summed E-state index contributed by atoms with van der Waals surface area (Å²) >= 11 is 0. The van der Waals surface area contributed by atoms with Gasteiger partial charge in [0.2, 0.25) is 0 Å². The molecule has 0 radical (unpaired) electrons. The van der Waals surface area contributed by atoms with E-state index >= 15 is 0 Å². The first kappa shape index (κ1) is 13.3. The highest BCUT2D eigenvalue weighted by Gasteiger charge is 2.15. The number of tetrazole rings is 1. The molecule has 10 nitrogen and oxygen atoms in total. The van der Waals surface area contributed by atoms with Crippen LogP contribution in [0.3, 0.4) is 0 Å². The SMILES string of the molecule is Cn1nnc(NC(=O)Nc2cccc(C(=O)O)c2O)n1. The van der Waals surface area contributed by atoms with Crippen molar-refractivity contribution in [1.29, 1.82) is 0 Å². The van der Waals surface area contributed by atoms with Gasteiger partial charge in [-0.05, 0) is 17.3 Å². The van der Waals surface area contributed by atoms with Crippen LogP contribution in [0, 0.1) is 0 Å². The number of carbonyl (C=O) groups excluding carboxylic acids is 1. The number of urea groups is 1. The third-order valence-electron chi connectivity index (χ3n) is 2.25. The van der Waals surface area contributed by atoms with Crippen LogP contribution in [0.1, 0.15) is 10.4 Å². The van der Waals surface area contributed by atoms with Crippen molar-refractivity contribution in [3.63, 3.8) is 0 Å². The second kappa shape index (κ2) is 5.22. The standard InChI is InChI=1S/C10H10N6O4/c1-16-14-9(13-15-16)12-10(20)11-6-4-2-3-5(7(6)17)8(18)19/h2-4,17H,1H3,(H,18,19)(H2,11,12,14,20). The molecule has 2 aromatic rings. The Balaban J connectivity index is 2.12. The Kier molecular flexibility index (Phi) is 3.46. The molecule has 0 spiro atoms. The van der Waals surface area contributed by atoms with Crippen LogP contribution >= 0.6 is 0 Å². The minimum Gasteiger partial charge on any atom is -0.505 e. The molecule has 0 fully saturated rings. The molecule has 0 unspecified atom stereocenters. The van der Waals surface area contributed by atoms with Crippen molar-refractivity contribution in [1.82, 2.24) is 20.2 Å². The minimum atomic E-state index is -1.30. The van der Waals surface area contributed by atoms with E-state index in [4.69, 9.17) is 5.11 Å². The number of para-hydroxylation sites is 1. The number of hydrogen-bond acceptors (Lipinski definition) is 6. The first-order valence-electron chi connectivity index (χ1n) is 5.34. The first-order valence-corrected chi connectivity index (χ1v) is 5.34. The molecule has 20 heavy (non-hydrogen) atoms. The molecule has 1 heterocycles. The normalized spacial score (nSPS) is 10.1. The van der Waals surface area contributed by atoms with Gasteiger partial charge in [-0.1, -0.05) is 11.2 Å². The summed E-state index contributed by atoms with van der Waals surface area (Å²) in [6.45, 7) is 0.